The standard InChI is InChI=1S/C15H30NO2.ClH/c1-6-10-16(11-7-2,14(5)8-3)12-13-18-15(17)9-4;/h9,14H,4,6-8,10-13H2,1-3,5H3;1H/q+1;/p-1. The van der Waals surface area contributed by atoms with E-state index in [9.17, 15) is 4.79 Å². The molecule has 0 aromatic carbocycles. The van der Waals surface area contributed by atoms with E-state index in [4.69, 9.17) is 4.74 Å². The van der Waals surface area contributed by atoms with Gasteiger partial charge >= 0.3 is 5.97 Å². The number of carbonyl (C=O) groups is 1. The molecule has 0 spiro atoms. The highest BCUT2D eigenvalue weighted by atomic mass is 35.5. The Morgan fingerprint density at radius 1 is 1.21 bits per heavy atom. The zero-order valence-corrected chi connectivity index (χ0v) is 13.7. The smallest absolute Gasteiger partial charge is 0.330 e. The number of hydrogen-bond acceptors (Lipinski definition) is 2. The van der Waals surface area contributed by atoms with Crippen LogP contribution in [0.15, 0.2) is 12.7 Å². The van der Waals surface area contributed by atoms with Crippen molar-refractivity contribution in [3.8, 4) is 0 Å². The summed E-state index contributed by atoms with van der Waals surface area (Å²) in [6.07, 6.45) is 4.73. The first kappa shape index (κ1) is 20.8. The van der Waals surface area contributed by atoms with E-state index in [1.807, 2.05) is 0 Å². The van der Waals surface area contributed by atoms with Crippen molar-refractivity contribution in [2.24, 2.45) is 0 Å². The molecule has 19 heavy (non-hydrogen) atoms. The Morgan fingerprint density at radius 3 is 2.11 bits per heavy atom. The number of quaternary nitrogens is 1. The lowest BCUT2D eigenvalue weighted by Crippen LogP contribution is -3.00. The maximum atomic E-state index is 11.1. The Hall–Kier alpha value is -0.540. The largest absolute Gasteiger partial charge is 1.00 e. The van der Waals surface area contributed by atoms with Gasteiger partial charge in [-0.1, -0.05) is 27.4 Å². The summed E-state index contributed by atoms with van der Waals surface area (Å²) in [6, 6.07) is 0.618. The molecule has 0 amide bonds. The summed E-state index contributed by atoms with van der Waals surface area (Å²) in [4.78, 5) is 11.1. The molecular formula is C15H30ClNO2. The van der Waals surface area contributed by atoms with Crippen molar-refractivity contribution in [1.29, 1.82) is 0 Å². The molecule has 3 nitrogen and oxygen atoms in total. The molecule has 0 aromatic rings. The minimum Gasteiger partial charge on any atom is -1.00 e. The normalized spacial score (nSPS) is 12.4. The van der Waals surface area contributed by atoms with E-state index in [0.717, 1.165) is 30.5 Å². The lowest BCUT2D eigenvalue weighted by Gasteiger charge is -2.43. The molecule has 1 atom stereocenters. The number of halogens is 1. The molecule has 0 aliphatic heterocycles. The lowest BCUT2D eigenvalue weighted by molar-refractivity contribution is -0.949. The van der Waals surface area contributed by atoms with Gasteiger partial charge in [0.15, 0.2) is 0 Å². The molecule has 0 saturated carbocycles. The van der Waals surface area contributed by atoms with Crippen molar-refractivity contribution in [1.82, 2.24) is 0 Å². The number of rotatable bonds is 10. The molecule has 0 aromatic heterocycles. The minimum absolute atomic E-state index is 0. The number of ether oxygens (including phenoxy) is 1. The van der Waals surface area contributed by atoms with Crippen LogP contribution in [-0.4, -0.2) is 42.7 Å². The van der Waals surface area contributed by atoms with E-state index >= 15 is 0 Å². The number of hydrogen-bond donors (Lipinski definition) is 0. The molecule has 0 aliphatic carbocycles. The summed E-state index contributed by atoms with van der Waals surface area (Å²) >= 11 is 0. The van der Waals surface area contributed by atoms with Gasteiger partial charge in [-0.15, -0.1) is 0 Å². The number of nitrogens with zero attached hydrogens (tertiary/aromatic N) is 1. The van der Waals surface area contributed by atoms with Gasteiger partial charge in [0.1, 0.15) is 13.2 Å². The molecule has 0 fully saturated rings. The second-order valence-corrected chi connectivity index (χ2v) is 5.02. The fourth-order valence-corrected chi connectivity index (χ4v) is 2.66. The van der Waals surface area contributed by atoms with Crippen molar-refractivity contribution in [3.05, 3.63) is 12.7 Å². The van der Waals surface area contributed by atoms with Crippen LogP contribution in [0.4, 0.5) is 0 Å². The van der Waals surface area contributed by atoms with Crippen LogP contribution in [0.25, 0.3) is 0 Å². The quantitative estimate of drug-likeness (QED) is 0.326. The monoisotopic (exact) mass is 291 g/mol. The van der Waals surface area contributed by atoms with E-state index in [0.29, 0.717) is 12.6 Å². The van der Waals surface area contributed by atoms with Crippen molar-refractivity contribution in [2.75, 3.05) is 26.2 Å². The van der Waals surface area contributed by atoms with Gasteiger partial charge < -0.3 is 21.6 Å². The summed E-state index contributed by atoms with van der Waals surface area (Å²) in [7, 11) is 0. The molecule has 4 heteroatoms. The average Bonchev–Trinajstić information content (AvgIpc) is 2.37. The number of esters is 1. The molecule has 0 radical (unpaired) electrons. The minimum atomic E-state index is -0.315. The van der Waals surface area contributed by atoms with Crippen LogP contribution in [-0.2, 0) is 9.53 Å². The molecule has 0 heterocycles. The zero-order chi connectivity index (χ0) is 14.0. The first-order valence-electron chi connectivity index (χ1n) is 7.21. The van der Waals surface area contributed by atoms with Gasteiger partial charge in [-0.2, -0.15) is 0 Å². The Balaban J connectivity index is 0. The fourth-order valence-electron chi connectivity index (χ4n) is 2.66. The van der Waals surface area contributed by atoms with E-state index in [1.54, 1.807) is 0 Å². The van der Waals surface area contributed by atoms with Gasteiger partial charge in [-0.05, 0) is 26.2 Å². The molecule has 0 rings (SSSR count). The molecule has 0 aliphatic rings. The highest BCUT2D eigenvalue weighted by Crippen LogP contribution is 2.18. The Labute approximate surface area is 125 Å². The lowest BCUT2D eigenvalue weighted by atomic mass is 10.1. The Kier molecular flexibility index (Phi) is 12.4. The highest BCUT2D eigenvalue weighted by Gasteiger charge is 2.31. The summed E-state index contributed by atoms with van der Waals surface area (Å²) in [5, 5.41) is 0. The predicted octanol–water partition coefficient (Wildman–Crippen LogP) is 0.155. The van der Waals surface area contributed by atoms with E-state index in [2.05, 4.69) is 34.3 Å². The van der Waals surface area contributed by atoms with Gasteiger partial charge in [0, 0.05) is 6.08 Å². The SMILES string of the molecule is C=CC(=O)OCC[N+](CCC)(CCC)C(C)CC.[Cl-]. The fraction of sp³-hybridized carbons (Fsp3) is 0.800. The molecular weight excluding hydrogens is 262 g/mol. The highest BCUT2D eigenvalue weighted by molar-refractivity contribution is 5.81. The summed E-state index contributed by atoms with van der Waals surface area (Å²) in [5.41, 5.74) is 0. The van der Waals surface area contributed by atoms with Gasteiger partial charge in [0.2, 0.25) is 0 Å². The molecule has 0 saturated heterocycles. The molecule has 0 N–H and O–H groups in total. The van der Waals surface area contributed by atoms with Crippen molar-refractivity contribution in [3.63, 3.8) is 0 Å². The van der Waals surface area contributed by atoms with Gasteiger partial charge in [-0.25, -0.2) is 4.79 Å². The van der Waals surface area contributed by atoms with Crippen molar-refractivity contribution in [2.45, 2.75) is 53.0 Å². The van der Waals surface area contributed by atoms with E-state index in [-0.39, 0.29) is 18.4 Å². The third-order valence-electron chi connectivity index (χ3n) is 3.81. The zero-order valence-electron chi connectivity index (χ0n) is 13.0. The summed E-state index contributed by atoms with van der Waals surface area (Å²) < 4.78 is 6.22. The first-order chi connectivity index (χ1) is 8.56. The third-order valence-corrected chi connectivity index (χ3v) is 3.81. The molecule has 0 bridgehead atoms. The Morgan fingerprint density at radius 2 is 1.74 bits per heavy atom. The molecule has 1 unspecified atom stereocenters. The van der Waals surface area contributed by atoms with Gasteiger partial charge in [-0.3, -0.25) is 0 Å². The van der Waals surface area contributed by atoms with Crippen LogP contribution >= 0.6 is 0 Å². The van der Waals surface area contributed by atoms with Crippen LogP contribution in [0.3, 0.4) is 0 Å². The van der Waals surface area contributed by atoms with Gasteiger partial charge in [0.05, 0.1) is 19.1 Å². The maximum Gasteiger partial charge on any atom is 0.330 e. The maximum absolute atomic E-state index is 11.1. The van der Waals surface area contributed by atoms with Crippen molar-refractivity contribution < 1.29 is 26.4 Å². The topological polar surface area (TPSA) is 26.3 Å². The first-order valence-corrected chi connectivity index (χ1v) is 7.21. The van der Waals surface area contributed by atoms with E-state index in [1.165, 1.54) is 18.9 Å². The van der Waals surface area contributed by atoms with Crippen molar-refractivity contribution >= 4 is 5.97 Å². The number of carbonyl (C=O) groups excluding carboxylic acids is 1. The second kappa shape index (κ2) is 11.3. The van der Waals surface area contributed by atoms with Crippen LogP contribution in [0.1, 0.15) is 47.0 Å². The van der Waals surface area contributed by atoms with Crippen LogP contribution in [0.2, 0.25) is 0 Å². The van der Waals surface area contributed by atoms with Crippen LogP contribution < -0.4 is 12.4 Å². The predicted molar refractivity (Wildman–Crippen MR) is 76.4 cm³/mol. The van der Waals surface area contributed by atoms with Gasteiger partial charge in [0.25, 0.3) is 0 Å². The summed E-state index contributed by atoms with van der Waals surface area (Å²) in [6.45, 7) is 16.1. The Bertz CT molecular complexity index is 251. The average molecular weight is 292 g/mol. The molecule has 114 valence electrons. The van der Waals surface area contributed by atoms with Crippen LogP contribution in [0.5, 0.6) is 0 Å². The second-order valence-electron chi connectivity index (χ2n) is 5.02. The van der Waals surface area contributed by atoms with E-state index < -0.39 is 0 Å². The summed E-state index contributed by atoms with van der Waals surface area (Å²) in [5.74, 6) is -0.315. The van der Waals surface area contributed by atoms with Crippen LogP contribution in [0, 0.1) is 0 Å². The third kappa shape index (κ3) is 6.98.